The first-order valence-corrected chi connectivity index (χ1v) is 11.5. The number of nitrogen functional groups attached to an aromatic ring is 1. The third-order valence-corrected chi connectivity index (χ3v) is 5.09. The lowest BCUT2D eigenvalue weighted by Crippen LogP contribution is -2.34. The van der Waals surface area contributed by atoms with Gasteiger partial charge in [0.2, 0.25) is 5.91 Å². The summed E-state index contributed by atoms with van der Waals surface area (Å²) >= 11 is 0. The molecule has 0 aliphatic carbocycles. The number of carbonyl (C=O) groups excluding carboxylic acids is 1. The fourth-order valence-corrected chi connectivity index (χ4v) is 4.12. The predicted octanol–water partition coefficient (Wildman–Crippen LogP) is 3.34. The number of anilines is 2. The van der Waals surface area contributed by atoms with E-state index in [9.17, 15) is 4.79 Å². The number of fused-ring (bicyclic) bond motifs is 1. The molecule has 0 fully saturated rings. The topological polar surface area (TPSA) is 73.6 Å². The first-order valence-electron chi connectivity index (χ1n) is 8.68. The first-order chi connectivity index (χ1) is 11.2. The molecule has 1 unspecified atom stereocenters. The minimum absolute atomic E-state index is 0.0136. The van der Waals surface area contributed by atoms with E-state index in [1.54, 1.807) is 0 Å². The molecule has 1 heterocycles. The van der Waals surface area contributed by atoms with Crippen LogP contribution in [0.25, 0.3) is 0 Å². The Morgan fingerprint density at radius 1 is 1.29 bits per heavy atom. The number of benzene rings is 1. The van der Waals surface area contributed by atoms with E-state index in [1.165, 1.54) is 0 Å². The lowest BCUT2D eigenvalue weighted by molar-refractivity contribution is -0.116. The molecule has 0 saturated heterocycles. The van der Waals surface area contributed by atoms with Gasteiger partial charge in [-0.1, -0.05) is 20.8 Å². The number of ether oxygens (including phenoxy) is 1. The van der Waals surface area contributed by atoms with Gasteiger partial charge in [-0.25, -0.2) is 0 Å². The van der Waals surface area contributed by atoms with Crippen molar-refractivity contribution in [3.63, 3.8) is 0 Å². The van der Waals surface area contributed by atoms with Crippen molar-refractivity contribution < 1.29 is 14.0 Å². The highest BCUT2D eigenvalue weighted by Gasteiger charge is 2.27. The van der Waals surface area contributed by atoms with Crippen LogP contribution in [0.5, 0.6) is 5.75 Å². The molecule has 1 aliphatic rings. The highest BCUT2D eigenvalue weighted by molar-refractivity contribution is 6.48. The van der Waals surface area contributed by atoms with Crippen LogP contribution in [0.15, 0.2) is 12.1 Å². The maximum absolute atomic E-state index is 11.7. The summed E-state index contributed by atoms with van der Waals surface area (Å²) < 4.78 is 12.2. The number of hydrogen-bond acceptors (Lipinski definition) is 4. The highest BCUT2D eigenvalue weighted by atomic mass is 28.3. The maximum Gasteiger partial charge on any atom is 0.224 e. The zero-order chi connectivity index (χ0) is 17.9. The van der Waals surface area contributed by atoms with Crippen molar-refractivity contribution in [1.29, 1.82) is 0 Å². The Kier molecular flexibility index (Phi) is 5.93. The van der Waals surface area contributed by atoms with Gasteiger partial charge in [-0.3, -0.25) is 4.79 Å². The summed E-state index contributed by atoms with van der Waals surface area (Å²) in [5, 5.41) is 2.90. The van der Waals surface area contributed by atoms with Crippen molar-refractivity contribution in [3.05, 3.63) is 17.7 Å². The summed E-state index contributed by atoms with van der Waals surface area (Å²) in [6.07, 6.45) is 2.13. The number of nitrogens with one attached hydrogen (secondary N) is 1. The molecule has 0 spiro atoms. The summed E-state index contributed by atoms with van der Waals surface area (Å²) in [5.74, 6) is 0.710. The Hall–Kier alpha value is -1.53. The minimum atomic E-state index is -1.11. The maximum atomic E-state index is 11.7. The Morgan fingerprint density at radius 3 is 2.62 bits per heavy atom. The molecule has 0 saturated carbocycles. The van der Waals surface area contributed by atoms with Crippen LogP contribution in [0.2, 0.25) is 13.1 Å². The molecule has 3 N–H and O–H groups in total. The molecule has 1 atom stereocenters. The fraction of sp³-hybridized carbons (Fsp3) is 0.611. The van der Waals surface area contributed by atoms with Crippen molar-refractivity contribution in [2.24, 2.45) is 5.41 Å². The molecule has 6 heteroatoms. The molecular weight excluding hydrogens is 320 g/mol. The Morgan fingerprint density at radius 2 is 2.00 bits per heavy atom. The molecule has 1 amide bonds. The molecule has 134 valence electrons. The highest BCUT2D eigenvalue weighted by Crippen LogP contribution is 2.36. The SMILES string of the molecule is C[SiH](C)OC(CCOc1ccc(N)c2c1NC(=O)CC2)C(C)(C)C. The summed E-state index contributed by atoms with van der Waals surface area (Å²) in [5.41, 5.74) is 8.52. The normalized spacial score (nSPS) is 15.8. The second-order valence-electron chi connectivity index (χ2n) is 7.73. The molecule has 1 aliphatic heterocycles. The predicted molar refractivity (Wildman–Crippen MR) is 101 cm³/mol. The van der Waals surface area contributed by atoms with Crippen LogP contribution in [0.1, 0.15) is 39.2 Å². The summed E-state index contributed by atoms with van der Waals surface area (Å²) in [6.45, 7) is 11.5. The van der Waals surface area contributed by atoms with Gasteiger partial charge >= 0.3 is 0 Å². The Balaban J connectivity index is 2.05. The third kappa shape index (κ3) is 4.74. The third-order valence-electron chi connectivity index (χ3n) is 4.22. The fourth-order valence-electron chi connectivity index (χ4n) is 2.92. The van der Waals surface area contributed by atoms with E-state index >= 15 is 0 Å². The molecule has 5 nitrogen and oxygen atoms in total. The average Bonchev–Trinajstić information content (AvgIpc) is 2.47. The lowest BCUT2D eigenvalue weighted by Gasteiger charge is -2.32. The summed E-state index contributed by atoms with van der Waals surface area (Å²) in [4.78, 5) is 11.7. The quantitative estimate of drug-likeness (QED) is 0.609. The van der Waals surface area contributed by atoms with E-state index in [-0.39, 0.29) is 17.4 Å². The molecule has 1 aromatic carbocycles. The molecule has 0 aromatic heterocycles. The second kappa shape index (κ2) is 7.57. The van der Waals surface area contributed by atoms with Gasteiger partial charge in [-0.05, 0) is 37.1 Å². The van der Waals surface area contributed by atoms with Gasteiger partial charge in [0.1, 0.15) is 5.75 Å². The van der Waals surface area contributed by atoms with E-state index in [2.05, 4.69) is 39.2 Å². The molecule has 1 aromatic rings. The molecular formula is C18H30N2O3Si. The van der Waals surface area contributed by atoms with E-state index < -0.39 is 9.04 Å². The van der Waals surface area contributed by atoms with Crippen LogP contribution < -0.4 is 15.8 Å². The standard InChI is InChI=1S/C18H30N2O3Si/c1-18(2,3)15(23-24(4)5)10-11-22-14-8-7-13(19)12-6-9-16(21)20-17(12)14/h7-8,15,24H,6,9-11,19H2,1-5H3,(H,20,21). The van der Waals surface area contributed by atoms with Crippen LogP contribution >= 0.6 is 0 Å². The number of hydrogen-bond donors (Lipinski definition) is 2. The molecule has 0 radical (unpaired) electrons. The van der Waals surface area contributed by atoms with E-state index in [1.807, 2.05) is 12.1 Å². The van der Waals surface area contributed by atoms with Crippen LogP contribution in [0.3, 0.4) is 0 Å². The second-order valence-corrected chi connectivity index (χ2v) is 10.1. The van der Waals surface area contributed by atoms with Gasteiger partial charge in [0.25, 0.3) is 0 Å². The van der Waals surface area contributed by atoms with Crippen molar-refractivity contribution in [1.82, 2.24) is 0 Å². The Labute approximate surface area is 146 Å². The van der Waals surface area contributed by atoms with E-state index in [0.717, 1.165) is 17.7 Å². The number of nitrogens with two attached hydrogens (primary N) is 1. The zero-order valence-corrected chi connectivity index (χ0v) is 16.6. The largest absolute Gasteiger partial charge is 0.491 e. The van der Waals surface area contributed by atoms with Crippen molar-refractivity contribution in [2.75, 3.05) is 17.7 Å². The number of amides is 1. The molecule has 0 bridgehead atoms. The van der Waals surface area contributed by atoms with E-state index in [0.29, 0.717) is 30.9 Å². The van der Waals surface area contributed by atoms with Crippen LogP contribution in [0.4, 0.5) is 11.4 Å². The van der Waals surface area contributed by atoms with Gasteiger partial charge in [0.15, 0.2) is 9.04 Å². The smallest absolute Gasteiger partial charge is 0.224 e. The van der Waals surface area contributed by atoms with E-state index in [4.69, 9.17) is 14.9 Å². The monoisotopic (exact) mass is 350 g/mol. The summed E-state index contributed by atoms with van der Waals surface area (Å²) in [7, 11) is -1.11. The summed E-state index contributed by atoms with van der Waals surface area (Å²) in [6, 6.07) is 3.69. The van der Waals surface area contributed by atoms with Crippen LogP contribution in [-0.2, 0) is 15.6 Å². The van der Waals surface area contributed by atoms with Crippen LogP contribution in [-0.4, -0.2) is 27.7 Å². The van der Waals surface area contributed by atoms with Gasteiger partial charge in [0, 0.05) is 24.1 Å². The first kappa shape index (κ1) is 18.8. The number of carbonyl (C=O) groups is 1. The Bertz CT molecular complexity index is 597. The van der Waals surface area contributed by atoms with Gasteiger partial charge < -0.3 is 20.2 Å². The average molecular weight is 351 g/mol. The molecule has 2 rings (SSSR count). The number of rotatable bonds is 6. The van der Waals surface area contributed by atoms with Gasteiger partial charge in [-0.2, -0.15) is 0 Å². The van der Waals surface area contributed by atoms with Gasteiger partial charge in [-0.15, -0.1) is 0 Å². The molecule has 24 heavy (non-hydrogen) atoms. The van der Waals surface area contributed by atoms with Crippen molar-refractivity contribution in [2.45, 2.75) is 59.2 Å². The van der Waals surface area contributed by atoms with Crippen LogP contribution in [0, 0.1) is 5.41 Å². The zero-order valence-electron chi connectivity index (χ0n) is 15.4. The van der Waals surface area contributed by atoms with Crippen molar-refractivity contribution in [3.8, 4) is 5.75 Å². The minimum Gasteiger partial charge on any atom is -0.491 e. The van der Waals surface area contributed by atoms with Crippen molar-refractivity contribution >= 4 is 26.3 Å². The van der Waals surface area contributed by atoms with Gasteiger partial charge in [0.05, 0.1) is 18.4 Å². The lowest BCUT2D eigenvalue weighted by atomic mass is 9.87.